The number of carbonyl (C=O) groups is 1. The topological polar surface area (TPSA) is 87.1 Å². The fourth-order valence-electron chi connectivity index (χ4n) is 6.56. The van der Waals surface area contributed by atoms with Crippen molar-refractivity contribution in [2.45, 2.75) is 51.4 Å². The van der Waals surface area contributed by atoms with Crippen molar-refractivity contribution in [3.63, 3.8) is 0 Å². The quantitative estimate of drug-likeness (QED) is 0.219. The predicted octanol–water partition coefficient (Wildman–Crippen LogP) is 6.45. The summed E-state index contributed by atoms with van der Waals surface area (Å²) < 4.78 is 1.62. The highest BCUT2D eigenvalue weighted by Crippen LogP contribution is 2.41. The first kappa shape index (κ1) is 26.9. The van der Waals surface area contributed by atoms with Crippen LogP contribution in [0.25, 0.3) is 21.8 Å². The Bertz CT molecular complexity index is 1780. The van der Waals surface area contributed by atoms with Crippen molar-refractivity contribution >= 4 is 27.7 Å². The molecule has 2 aromatic heterocycles. The Morgan fingerprint density at radius 1 is 0.976 bits per heavy atom. The van der Waals surface area contributed by atoms with E-state index in [0.29, 0.717) is 29.4 Å². The monoisotopic (exact) mass is 547 g/mol. The lowest BCUT2D eigenvalue weighted by Crippen LogP contribution is -2.33. The molecule has 1 atom stereocenters. The maximum absolute atomic E-state index is 14.0. The van der Waals surface area contributed by atoms with Crippen molar-refractivity contribution in [1.82, 2.24) is 14.9 Å². The van der Waals surface area contributed by atoms with Crippen LogP contribution in [-0.2, 0) is 18.3 Å². The number of hydrogen-bond acceptors (Lipinski definition) is 3. The van der Waals surface area contributed by atoms with Gasteiger partial charge in [-0.3, -0.25) is 9.59 Å². The van der Waals surface area contributed by atoms with E-state index in [1.807, 2.05) is 73.7 Å². The van der Waals surface area contributed by atoms with E-state index in [9.17, 15) is 14.7 Å². The van der Waals surface area contributed by atoms with Gasteiger partial charge in [0, 0.05) is 41.5 Å². The third-order valence-electron chi connectivity index (χ3n) is 8.80. The number of fused-ring (bicyclic) bond motifs is 2. The number of aromatic nitrogens is 2. The number of benzene rings is 3. The molecule has 1 amide bonds. The molecule has 6 nitrogen and oxygen atoms in total. The predicted molar refractivity (Wildman–Crippen MR) is 165 cm³/mol. The van der Waals surface area contributed by atoms with Gasteiger partial charge in [0.1, 0.15) is 5.75 Å². The van der Waals surface area contributed by atoms with E-state index in [4.69, 9.17) is 0 Å². The number of hydrogen-bond donors (Lipinski definition) is 3. The minimum Gasteiger partial charge on any atom is -0.507 e. The summed E-state index contributed by atoms with van der Waals surface area (Å²) in [4.78, 5) is 30.6. The summed E-state index contributed by atoms with van der Waals surface area (Å²) in [6.45, 7) is 2.54. The average molecular weight is 548 g/mol. The highest BCUT2D eigenvalue weighted by Gasteiger charge is 2.30. The number of carbonyl (C=O) groups excluding carboxylic acids is 1. The van der Waals surface area contributed by atoms with Crippen LogP contribution in [0.15, 0.2) is 77.6 Å². The molecule has 2 heterocycles. The number of amides is 1. The summed E-state index contributed by atoms with van der Waals surface area (Å²) in [6, 6.07) is 23.7. The zero-order valence-electron chi connectivity index (χ0n) is 23.7. The molecule has 210 valence electrons. The molecule has 6 heteroatoms. The van der Waals surface area contributed by atoms with Crippen molar-refractivity contribution < 1.29 is 9.90 Å². The van der Waals surface area contributed by atoms with Gasteiger partial charge in [-0.2, -0.15) is 0 Å². The number of pyridine rings is 1. The van der Waals surface area contributed by atoms with Crippen LogP contribution in [0, 0.1) is 12.8 Å². The molecule has 1 aliphatic carbocycles. The summed E-state index contributed by atoms with van der Waals surface area (Å²) >= 11 is 0. The molecule has 0 spiro atoms. The summed E-state index contributed by atoms with van der Waals surface area (Å²) in [7, 11) is 1.76. The molecule has 1 fully saturated rings. The van der Waals surface area contributed by atoms with Gasteiger partial charge in [-0.25, -0.2) is 0 Å². The van der Waals surface area contributed by atoms with Gasteiger partial charge >= 0.3 is 0 Å². The molecule has 1 saturated carbocycles. The van der Waals surface area contributed by atoms with Crippen LogP contribution in [0.1, 0.15) is 66.0 Å². The lowest BCUT2D eigenvalue weighted by molar-refractivity contribution is -0.125. The molecule has 5 aromatic rings. The van der Waals surface area contributed by atoms with Gasteiger partial charge in [0.2, 0.25) is 5.91 Å². The van der Waals surface area contributed by atoms with E-state index in [-0.39, 0.29) is 23.1 Å². The van der Waals surface area contributed by atoms with E-state index in [0.717, 1.165) is 59.0 Å². The van der Waals surface area contributed by atoms with Crippen LogP contribution in [0.2, 0.25) is 0 Å². The highest BCUT2D eigenvalue weighted by atomic mass is 16.3. The molecular weight excluding hydrogens is 510 g/mol. The molecule has 1 unspecified atom stereocenters. The molecule has 0 radical (unpaired) electrons. The van der Waals surface area contributed by atoms with Gasteiger partial charge in [-0.15, -0.1) is 0 Å². The largest absolute Gasteiger partial charge is 0.507 e. The molecule has 0 saturated heterocycles. The first-order valence-corrected chi connectivity index (χ1v) is 14.7. The number of nitrogens with zero attached hydrogens (tertiary/aromatic N) is 1. The van der Waals surface area contributed by atoms with Crippen molar-refractivity contribution in [3.8, 4) is 5.75 Å². The number of aromatic amines is 1. The first-order valence-electron chi connectivity index (χ1n) is 14.7. The van der Waals surface area contributed by atoms with Crippen molar-refractivity contribution in [2.75, 3.05) is 6.54 Å². The summed E-state index contributed by atoms with van der Waals surface area (Å²) in [6.07, 6.45) is 5.98. The highest BCUT2D eigenvalue weighted by molar-refractivity contribution is 5.88. The third-order valence-corrected chi connectivity index (χ3v) is 8.80. The smallest absolute Gasteiger partial charge is 0.258 e. The Balaban J connectivity index is 1.49. The van der Waals surface area contributed by atoms with E-state index in [1.165, 1.54) is 6.42 Å². The van der Waals surface area contributed by atoms with Gasteiger partial charge in [0.05, 0.1) is 17.0 Å². The maximum Gasteiger partial charge on any atom is 0.258 e. The number of para-hydroxylation sites is 2. The van der Waals surface area contributed by atoms with Gasteiger partial charge in [0.15, 0.2) is 0 Å². The number of aryl methyl sites for hydroxylation is 2. The lowest BCUT2D eigenvalue weighted by Gasteiger charge is -2.23. The Kier molecular flexibility index (Phi) is 7.39. The van der Waals surface area contributed by atoms with Gasteiger partial charge < -0.3 is 20.0 Å². The van der Waals surface area contributed by atoms with Crippen LogP contribution >= 0.6 is 0 Å². The number of H-pyrrole nitrogens is 1. The third kappa shape index (κ3) is 5.03. The minimum absolute atomic E-state index is 0.00415. The molecule has 6 rings (SSSR count). The Hall–Kier alpha value is -4.32. The SMILES string of the molecule is Cc1ccc(C(c2[nH]c3ccccc3c2CCNC(=O)C2CCCCC2)c2c(O)c3ccccc3n(C)c2=O)cc1. The second kappa shape index (κ2) is 11.3. The maximum atomic E-state index is 14.0. The van der Waals surface area contributed by atoms with Crippen LogP contribution < -0.4 is 10.9 Å². The van der Waals surface area contributed by atoms with E-state index >= 15 is 0 Å². The van der Waals surface area contributed by atoms with Gasteiger partial charge in [-0.1, -0.05) is 79.4 Å². The van der Waals surface area contributed by atoms with Crippen molar-refractivity contribution in [3.05, 3.63) is 111 Å². The average Bonchev–Trinajstić information content (AvgIpc) is 3.37. The second-order valence-corrected chi connectivity index (χ2v) is 11.4. The molecule has 3 aromatic carbocycles. The zero-order valence-corrected chi connectivity index (χ0v) is 23.7. The van der Waals surface area contributed by atoms with Crippen LogP contribution in [0.4, 0.5) is 0 Å². The van der Waals surface area contributed by atoms with Crippen LogP contribution in [0.3, 0.4) is 0 Å². The number of rotatable bonds is 7. The standard InChI is InChI=1S/C35H37N3O3/c1-22-16-18-23(19-17-22)30(31-33(39)27-13-7-9-15-29(27)38(2)35(31)41)32-26(25-12-6-8-14-28(25)37-32)20-21-36-34(40)24-10-4-3-5-11-24/h6-9,12-19,24,30,37,39H,3-5,10-11,20-21H2,1-2H3,(H,36,40). The minimum atomic E-state index is -0.532. The first-order chi connectivity index (χ1) is 19.9. The number of nitrogens with one attached hydrogen (secondary N) is 2. The summed E-state index contributed by atoms with van der Waals surface area (Å²) in [5.41, 5.74) is 5.70. The number of aromatic hydroxyl groups is 1. The van der Waals surface area contributed by atoms with E-state index in [1.54, 1.807) is 11.6 Å². The fourth-order valence-corrected chi connectivity index (χ4v) is 6.56. The Labute approximate surface area is 240 Å². The van der Waals surface area contributed by atoms with Crippen LogP contribution in [0.5, 0.6) is 5.75 Å². The van der Waals surface area contributed by atoms with E-state index in [2.05, 4.69) is 16.4 Å². The van der Waals surface area contributed by atoms with Crippen molar-refractivity contribution in [1.29, 1.82) is 0 Å². The Morgan fingerprint density at radius 2 is 1.66 bits per heavy atom. The fraction of sp³-hybridized carbons (Fsp3) is 0.314. The molecule has 3 N–H and O–H groups in total. The molecule has 0 bridgehead atoms. The van der Waals surface area contributed by atoms with E-state index < -0.39 is 5.92 Å². The lowest BCUT2D eigenvalue weighted by atomic mass is 9.84. The second-order valence-electron chi connectivity index (χ2n) is 11.4. The molecule has 1 aliphatic rings. The summed E-state index contributed by atoms with van der Waals surface area (Å²) in [5, 5.41) is 16.6. The van der Waals surface area contributed by atoms with Crippen molar-refractivity contribution in [2.24, 2.45) is 13.0 Å². The Morgan fingerprint density at radius 3 is 2.41 bits per heavy atom. The van der Waals surface area contributed by atoms with Crippen LogP contribution in [-0.4, -0.2) is 27.1 Å². The molecule has 0 aliphatic heterocycles. The summed E-state index contributed by atoms with van der Waals surface area (Å²) in [5.74, 6) is -0.286. The molecule has 41 heavy (non-hydrogen) atoms. The normalized spacial score (nSPS) is 14.9. The zero-order chi connectivity index (χ0) is 28.5. The van der Waals surface area contributed by atoms with Gasteiger partial charge in [-0.05, 0) is 55.5 Å². The van der Waals surface area contributed by atoms with Gasteiger partial charge in [0.25, 0.3) is 5.56 Å². The molecular formula is C35H37N3O3.